The number of nitrogens with one attached hydrogen (secondary N) is 1. The molecule has 0 amide bonds. The van der Waals surface area contributed by atoms with Gasteiger partial charge in [-0.1, -0.05) is 31.4 Å². The Hall–Kier alpha value is -1.40. The summed E-state index contributed by atoms with van der Waals surface area (Å²) in [5.74, 6) is -0.123. The van der Waals surface area contributed by atoms with Gasteiger partial charge in [0.2, 0.25) is 0 Å². The van der Waals surface area contributed by atoms with Crippen molar-refractivity contribution in [1.82, 2.24) is 5.32 Å². The molecule has 1 N–H and O–H groups in total. The standard InChI is InChI=1S/C16H21FN2/c1-12(13-7-5-8-15(17)10-13)19-16-9-4-2-3-6-14(16)11-18/h5,7-8,10,12,14,16,19H,2-4,6,9H2,1H3. The molecule has 1 fully saturated rings. The summed E-state index contributed by atoms with van der Waals surface area (Å²) in [5.41, 5.74) is 0.945. The lowest BCUT2D eigenvalue weighted by atomic mass is 9.94. The Morgan fingerprint density at radius 1 is 1.32 bits per heavy atom. The monoisotopic (exact) mass is 260 g/mol. The van der Waals surface area contributed by atoms with Gasteiger partial charge in [-0.25, -0.2) is 4.39 Å². The van der Waals surface area contributed by atoms with Crippen molar-refractivity contribution in [2.45, 2.75) is 51.1 Å². The zero-order chi connectivity index (χ0) is 13.7. The largest absolute Gasteiger partial charge is 0.306 e. The van der Waals surface area contributed by atoms with Crippen LogP contribution in [0.4, 0.5) is 4.39 Å². The van der Waals surface area contributed by atoms with Crippen molar-refractivity contribution < 1.29 is 4.39 Å². The maximum absolute atomic E-state index is 13.2. The zero-order valence-corrected chi connectivity index (χ0v) is 11.4. The SMILES string of the molecule is CC(NC1CCCCCC1C#N)c1cccc(F)c1. The second kappa shape index (κ2) is 6.68. The summed E-state index contributed by atoms with van der Waals surface area (Å²) < 4.78 is 13.2. The third-order valence-electron chi connectivity index (χ3n) is 3.99. The van der Waals surface area contributed by atoms with E-state index >= 15 is 0 Å². The van der Waals surface area contributed by atoms with Crippen LogP contribution in [0.5, 0.6) is 0 Å². The highest BCUT2D eigenvalue weighted by Crippen LogP contribution is 2.25. The molecule has 0 aliphatic heterocycles. The molecule has 19 heavy (non-hydrogen) atoms. The fourth-order valence-electron chi connectivity index (χ4n) is 2.85. The molecular weight excluding hydrogens is 239 g/mol. The molecule has 3 unspecified atom stereocenters. The van der Waals surface area contributed by atoms with E-state index in [0.29, 0.717) is 0 Å². The van der Waals surface area contributed by atoms with Crippen molar-refractivity contribution in [1.29, 1.82) is 5.26 Å². The van der Waals surface area contributed by atoms with Crippen LogP contribution in [0.2, 0.25) is 0 Å². The molecule has 0 bridgehead atoms. The Bertz CT molecular complexity index is 452. The van der Waals surface area contributed by atoms with Crippen LogP contribution >= 0.6 is 0 Å². The number of hydrogen-bond acceptors (Lipinski definition) is 2. The van der Waals surface area contributed by atoms with Crippen molar-refractivity contribution >= 4 is 0 Å². The summed E-state index contributed by atoms with van der Waals surface area (Å²) in [6, 6.07) is 9.42. The first-order chi connectivity index (χ1) is 9.20. The Labute approximate surface area is 114 Å². The normalized spacial score (nSPS) is 25.3. The summed E-state index contributed by atoms with van der Waals surface area (Å²) in [6.45, 7) is 2.04. The minimum atomic E-state index is -0.205. The van der Waals surface area contributed by atoms with E-state index < -0.39 is 0 Å². The minimum Gasteiger partial charge on any atom is -0.306 e. The van der Waals surface area contributed by atoms with Crippen LogP contribution < -0.4 is 5.32 Å². The fraction of sp³-hybridized carbons (Fsp3) is 0.562. The van der Waals surface area contributed by atoms with E-state index in [9.17, 15) is 9.65 Å². The van der Waals surface area contributed by atoms with Gasteiger partial charge in [-0.2, -0.15) is 5.26 Å². The molecule has 3 heteroatoms. The molecular formula is C16H21FN2. The number of nitrogens with zero attached hydrogens (tertiary/aromatic N) is 1. The highest BCUT2D eigenvalue weighted by atomic mass is 19.1. The van der Waals surface area contributed by atoms with Crippen LogP contribution in [0.25, 0.3) is 0 Å². The molecule has 102 valence electrons. The molecule has 2 nitrogen and oxygen atoms in total. The molecule has 1 aromatic rings. The Balaban J connectivity index is 2.04. The maximum atomic E-state index is 13.2. The Morgan fingerprint density at radius 2 is 2.11 bits per heavy atom. The third-order valence-corrected chi connectivity index (χ3v) is 3.99. The van der Waals surface area contributed by atoms with Gasteiger partial charge in [0.05, 0.1) is 12.0 Å². The highest BCUT2D eigenvalue weighted by Gasteiger charge is 2.24. The molecule has 1 aliphatic carbocycles. The number of halogens is 1. The Kier molecular flexibility index (Phi) is 4.93. The van der Waals surface area contributed by atoms with Crippen LogP contribution in [0.15, 0.2) is 24.3 Å². The van der Waals surface area contributed by atoms with Crippen molar-refractivity contribution in [3.05, 3.63) is 35.6 Å². The lowest BCUT2D eigenvalue weighted by Crippen LogP contribution is -2.36. The lowest BCUT2D eigenvalue weighted by molar-refractivity contribution is 0.361. The van der Waals surface area contributed by atoms with Gasteiger partial charge < -0.3 is 5.32 Å². The molecule has 0 aromatic heterocycles. The summed E-state index contributed by atoms with van der Waals surface area (Å²) in [4.78, 5) is 0. The maximum Gasteiger partial charge on any atom is 0.123 e. The van der Waals surface area contributed by atoms with Crippen molar-refractivity contribution in [2.24, 2.45) is 5.92 Å². The predicted octanol–water partition coefficient (Wildman–Crippen LogP) is 3.95. The topological polar surface area (TPSA) is 35.8 Å². The van der Waals surface area contributed by atoms with Crippen LogP contribution in [-0.2, 0) is 0 Å². The van der Waals surface area contributed by atoms with E-state index in [-0.39, 0.29) is 23.8 Å². The first-order valence-corrected chi connectivity index (χ1v) is 7.12. The summed E-state index contributed by atoms with van der Waals surface area (Å²) in [7, 11) is 0. The number of hydrogen-bond donors (Lipinski definition) is 1. The van der Waals surface area contributed by atoms with Crippen LogP contribution in [0, 0.1) is 23.1 Å². The lowest BCUT2D eigenvalue weighted by Gasteiger charge is -2.25. The van der Waals surface area contributed by atoms with Gasteiger partial charge in [-0.15, -0.1) is 0 Å². The van der Waals surface area contributed by atoms with Crippen molar-refractivity contribution in [3.63, 3.8) is 0 Å². The summed E-state index contributed by atoms with van der Waals surface area (Å²) in [6.07, 6.45) is 5.54. The summed E-state index contributed by atoms with van der Waals surface area (Å²) in [5, 5.41) is 12.8. The fourth-order valence-corrected chi connectivity index (χ4v) is 2.85. The molecule has 0 spiro atoms. The van der Waals surface area contributed by atoms with Gasteiger partial charge >= 0.3 is 0 Å². The van der Waals surface area contributed by atoms with Crippen LogP contribution in [0.3, 0.4) is 0 Å². The van der Waals surface area contributed by atoms with E-state index in [0.717, 1.165) is 24.8 Å². The average Bonchev–Trinajstić information content (AvgIpc) is 2.63. The van der Waals surface area contributed by atoms with Gasteiger partial charge in [0.1, 0.15) is 5.82 Å². The van der Waals surface area contributed by atoms with Gasteiger partial charge in [0.25, 0.3) is 0 Å². The predicted molar refractivity (Wildman–Crippen MR) is 73.9 cm³/mol. The van der Waals surface area contributed by atoms with E-state index in [1.54, 1.807) is 12.1 Å². The van der Waals surface area contributed by atoms with E-state index in [1.165, 1.54) is 18.9 Å². The minimum absolute atomic E-state index is 0.0784. The van der Waals surface area contributed by atoms with E-state index in [2.05, 4.69) is 11.4 Å². The zero-order valence-electron chi connectivity index (χ0n) is 11.4. The van der Waals surface area contributed by atoms with E-state index in [4.69, 9.17) is 0 Å². The second-order valence-corrected chi connectivity index (χ2v) is 5.42. The van der Waals surface area contributed by atoms with Crippen molar-refractivity contribution in [2.75, 3.05) is 0 Å². The Morgan fingerprint density at radius 3 is 2.84 bits per heavy atom. The summed E-state index contributed by atoms with van der Waals surface area (Å²) >= 11 is 0. The third kappa shape index (κ3) is 3.78. The van der Waals surface area contributed by atoms with Crippen LogP contribution in [-0.4, -0.2) is 6.04 Å². The number of rotatable bonds is 3. The van der Waals surface area contributed by atoms with Gasteiger partial charge in [-0.3, -0.25) is 0 Å². The van der Waals surface area contributed by atoms with Crippen LogP contribution in [0.1, 0.15) is 50.6 Å². The quantitative estimate of drug-likeness (QED) is 0.835. The molecule has 1 aliphatic rings. The second-order valence-electron chi connectivity index (χ2n) is 5.42. The number of nitriles is 1. The van der Waals surface area contributed by atoms with Gasteiger partial charge in [0, 0.05) is 12.1 Å². The van der Waals surface area contributed by atoms with Gasteiger partial charge in [0.15, 0.2) is 0 Å². The smallest absolute Gasteiger partial charge is 0.123 e. The molecule has 1 aromatic carbocycles. The average molecular weight is 260 g/mol. The first-order valence-electron chi connectivity index (χ1n) is 7.12. The molecule has 2 rings (SSSR count). The number of benzene rings is 1. The molecule has 3 atom stereocenters. The van der Waals surface area contributed by atoms with E-state index in [1.807, 2.05) is 13.0 Å². The molecule has 0 heterocycles. The molecule has 1 saturated carbocycles. The molecule has 0 saturated heterocycles. The van der Waals surface area contributed by atoms with Gasteiger partial charge in [-0.05, 0) is 37.5 Å². The van der Waals surface area contributed by atoms with Crippen molar-refractivity contribution in [3.8, 4) is 6.07 Å². The first kappa shape index (κ1) is 14.0. The molecule has 0 radical (unpaired) electrons. The highest BCUT2D eigenvalue weighted by molar-refractivity contribution is 5.19.